The van der Waals surface area contributed by atoms with Crippen molar-refractivity contribution in [2.75, 3.05) is 39.6 Å². The van der Waals surface area contributed by atoms with E-state index in [-0.39, 0.29) is 25.7 Å². The molecular formula is C76H148O17P2. The first-order valence-corrected chi connectivity index (χ1v) is 42.5. The van der Waals surface area contributed by atoms with Gasteiger partial charge in [0.25, 0.3) is 0 Å². The highest BCUT2D eigenvalue weighted by molar-refractivity contribution is 7.47. The molecule has 17 nitrogen and oxygen atoms in total. The molecule has 0 aliphatic heterocycles. The van der Waals surface area contributed by atoms with E-state index in [1.165, 1.54) is 212 Å². The van der Waals surface area contributed by atoms with Gasteiger partial charge in [-0.05, 0) is 37.5 Å². The van der Waals surface area contributed by atoms with Crippen molar-refractivity contribution in [3.8, 4) is 0 Å². The minimum absolute atomic E-state index is 0.105. The van der Waals surface area contributed by atoms with Crippen LogP contribution in [0.25, 0.3) is 0 Å². The molecule has 0 aromatic heterocycles. The normalized spacial score (nSPS) is 14.0. The van der Waals surface area contributed by atoms with Gasteiger partial charge >= 0.3 is 39.5 Å². The van der Waals surface area contributed by atoms with Gasteiger partial charge in [0.05, 0.1) is 26.4 Å². The van der Waals surface area contributed by atoms with Crippen LogP contribution in [0.4, 0.5) is 0 Å². The van der Waals surface area contributed by atoms with E-state index in [4.69, 9.17) is 37.0 Å². The molecule has 95 heavy (non-hydrogen) atoms. The van der Waals surface area contributed by atoms with Crippen LogP contribution >= 0.6 is 15.6 Å². The molecule has 0 aromatic rings. The van der Waals surface area contributed by atoms with E-state index in [2.05, 4.69) is 41.5 Å². The van der Waals surface area contributed by atoms with Crippen molar-refractivity contribution in [1.29, 1.82) is 0 Å². The summed E-state index contributed by atoms with van der Waals surface area (Å²) in [6, 6.07) is 0. The maximum Gasteiger partial charge on any atom is 0.472 e. The molecule has 0 amide bonds. The maximum absolute atomic E-state index is 13.1. The SMILES string of the molecule is CCCCCCCCCCCCCCCC(=O)OC[C@H](COP(=O)(O)OC[C@@H](O)COP(=O)(O)OC[C@@H](COC(=O)CCCCCCCCCCCC)OC(=O)CCCCCCCCCCC(C)C)OC(=O)CCCCCCCCCCCCCCCCCCCCC(C)C. The van der Waals surface area contributed by atoms with Crippen LogP contribution in [0.5, 0.6) is 0 Å². The first-order valence-electron chi connectivity index (χ1n) is 39.5. The Morgan fingerprint density at radius 3 is 0.716 bits per heavy atom. The number of aliphatic hydroxyl groups is 1. The Balaban J connectivity index is 5.19. The predicted molar refractivity (Wildman–Crippen MR) is 386 cm³/mol. The molecule has 3 N–H and O–H groups in total. The third-order valence-corrected chi connectivity index (χ3v) is 19.6. The number of aliphatic hydroxyl groups excluding tert-OH is 1. The first kappa shape index (κ1) is 93.1. The zero-order valence-corrected chi connectivity index (χ0v) is 63.8. The van der Waals surface area contributed by atoms with Crippen molar-refractivity contribution in [1.82, 2.24) is 0 Å². The molecule has 2 unspecified atom stereocenters. The summed E-state index contributed by atoms with van der Waals surface area (Å²) in [6.45, 7) is 9.58. The number of esters is 4. The van der Waals surface area contributed by atoms with Gasteiger partial charge in [-0.15, -0.1) is 0 Å². The van der Waals surface area contributed by atoms with Crippen LogP contribution in [-0.4, -0.2) is 96.7 Å². The van der Waals surface area contributed by atoms with Crippen LogP contribution in [0.15, 0.2) is 0 Å². The Labute approximate surface area is 581 Å². The summed E-state index contributed by atoms with van der Waals surface area (Å²) < 4.78 is 68.5. The molecule has 0 heterocycles. The third kappa shape index (κ3) is 70.3. The number of carbonyl (C=O) groups excluding carboxylic acids is 4. The largest absolute Gasteiger partial charge is 0.472 e. The summed E-state index contributed by atoms with van der Waals surface area (Å²) in [5.74, 6) is -0.578. The van der Waals surface area contributed by atoms with E-state index < -0.39 is 97.5 Å². The summed E-state index contributed by atoms with van der Waals surface area (Å²) in [5, 5.41) is 10.6. The summed E-state index contributed by atoms with van der Waals surface area (Å²) >= 11 is 0. The lowest BCUT2D eigenvalue weighted by Gasteiger charge is -2.21. The van der Waals surface area contributed by atoms with E-state index in [0.29, 0.717) is 25.7 Å². The van der Waals surface area contributed by atoms with E-state index in [9.17, 15) is 43.2 Å². The molecule has 0 aromatic carbocycles. The van der Waals surface area contributed by atoms with Crippen molar-refractivity contribution < 1.29 is 80.2 Å². The van der Waals surface area contributed by atoms with Crippen molar-refractivity contribution in [2.24, 2.45) is 11.8 Å². The van der Waals surface area contributed by atoms with Crippen LogP contribution in [0.3, 0.4) is 0 Å². The second-order valence-corrected chi connectivity index (χ2v) is 31.3. The summed E-state index contributed by atoms with van der Waals surface area (Å²) in [4.78, 5) is 72.7. The zero-order chi connectivity index (χ0) is 70.0. The van der Waals surface area contributed by atoms with Gasteiger partial charge in [-0.25, -0.2) is 9.13 Å². The van der Waals surface area contributed by atoms with Crippen molar-refractivity contribution in [2.45, 2.75) is 413 Å². The lowest BCUT2D eigenvalue weighted by Crippen LogP contribution is -2.30. The van der Waals surface area contributed by atoms with Crippen LogP contribution in [0.1, 0.15) is 395 Å². The van der Waals surface area contributed by atoms with Gasteiger partial charge in [0, 0.05) is 25.7 Å². The fraction of sp³-hybridized carbons (Fsp3) is 0.947. The molecule has 0 bridgehead atoms. The van der Waals surface area contributed by atoms with Gasteiger partial charge in [0.15, 0.2) is 12.2 Å². The Morgan fingerprint density at radius 1 is 0.284 bits per heavy atom. The first-order chi connectivity index (χ1) is 45.9. The van der Waals surface area contributed by atoms with Gasteiger partial charge in [0.1, 0.15) is 19.3 Å². The van der Waals surface area contributed by atoms with Crippen LogP contribution < -0.4 is 0 Å². The number of hydrogen-bond acceptors (Lipinski definition) is 15. The van der Waals surface area contributed by atoms with Gasteiger partial charge in [-0.2, -0.15) is 0 Å². The summed E-state index contributed by atoms with van der Waals surface area (Å²) in [7, 11) is -9.91. The predicted octanol–water partition coefficient (Wildman–Crippen LogP) is 22.3. The van der Waals surface area contributed by atoms with E-state index in [0.717, 1.165) is 102 Å². The second-order valence-electron chi connectivity index (χ2n) is 28.3. The monoisotopic (exact) mass is 1400 g/mol. The Bertz CT molecular complexity index is 1840. The van der Waals surface area contributed by atoms with E-state index >= 15 is 0 Å². The Morgan fingerprint density at radius 2 is 0.484 bits per heavy atom. The minimum atomic E-state index is -4.96. The summed E-state index contributed by atoms with van der Waals surface area (Å²) in [6.07, 6.45) is 55.5. The van der Waals surface area contributed by atoms with Gasteiger partial charge in [0.2, 0.25) is 0 Å². The highest BCUT2D eigenvalue weighted by Gasteiger charge is 2.30. The standard InChI is InChI=1S/C76H148O17P2/c1-7-9-11-13-15-17-19-26-30-34-41-47-53-59-74(79)87-64-71(92-75(80)60-54-48-42-35-31-28-25-23-21-20-22-24-27-29-32-38-44-50-56-68(3)4)66-90-94(82,83)88-62-70(77)63-89-95(84,85)91-67-72(65-86-73(78)58-52-46-40-33-18-16-14-12-10-8-2)93-76(81)61-55-49-43-37-36-39-45-51-57-69(5)6/h68-72,77H,7-67H2,1-6H3,(H,82,83)(H,84,85)/t70-,71-,72-/m1/s1. The van der Waals surface area contributed by atoms with E-state index in [1.54, 1.807) is 0 Å². The molecule has 0 saturated heterocycles. The number of phosphoric ester groups is 2. The molecule has 5 atom stereocenters. The Kier molecular flexibility index (Phi) is 66.5. The average Bonchev–Trinajstić information content (AvgIpc) is 1.74. The Hall–Kier alpha value is -1.94. The van der Waals surface area contributed by atoms with Crippen LogP contribution in [0, 0.1) is 11.8 Å². The molecule has 564 valence electrons. The number of rotatable bonds is 75. The van der Waals surface area contributed by atoms with Crippen LogP contribution in [0.2, 0.25) is 0 Å². The molecule has 0 spiro atoms. The fourth-order valence-electron chi connectivity index (χ4n) is 11.7. The lowest BCUT2D eigenvalue weighted by molar-refractivity contribution is -0.161. The molecule has 0 rings (SSSR count). The number of hydrogen-bond donors (Lipinski definition) is 3. The fourth-order valence-corrected chi connectivity index (χ4v) is 13.2. The smallest absolute Gasteiger partial charge is 0.462 e. The number of unbranched alkanes of at least 4 members (excludes halogenated alkanes) is 45. The average molecular weight is 1400 g/mol. The van der Waals surface area contributed by atoms with Gasteiger partial charge in [-0.3, -0.25) is 37.3 Å². The molecule has 0 radical (unpaired) electrons. The maximum atomic E-state index is 13.1. The second kappa shape index (κ2) is 67.9. The number of carbonyl (C=O) groups is 4. The quantitative estimate of drug-likeness (QED) is 0.0222. The minimum Gasteiger partial charge on any atom is -0.462 e. The topological polar surface area (TPSA) is 237 Å². The summed E-state index contributed by atoms with van der Waals surface area (Å²) in [5.41, 5.74) is 0. The molecule has 0 saturated carbocycles. The number of ether oxygens (including phenoxy) is 4. The molecule has 0 fully saturated rings. The number of phosphoric acid groups is 2. The van der Waals surface area contributed by atoms with Crippen molar-refractivity contribution >= 4 is 39.5 Å². The molecular weight excluding hydrogens is 1250 g/mol. The molecule has 0 aliphatic rings. The zero-order valence-electron chi connectivity index (χ0n) is 62.0. The van der Waals surface area contributed by atoms with Gasteiger partial charge in [-0.1, -0.05) is 343 Å². The van der Waals surface area contributed by atoms with Crippen molar-refractivity contribution in [3.63, 3.8) is 0 Å². The third-order valence-electron chi connectivity index (χ3n) is 17.7. The molecule has 0 aliphatic carbocycles. The highest BCUT2D eigenvalue weighted by Crippen LogP contribution is 2.45. The highest BCUT2D eigenvalue weighted by atomic mass is 31.2. The van der Waals surface area contributed by atoms with Gasteiger partial charge < -0.3 is 33.8 Å². The van der Waals surface area contributed by atoms with E-state index in [1.807, 2.05) is 0 Å². The lowest BCUT2D eigenvalue weighted by atomic mass is 10.0. The van der Waals surface area contributed by atoms with Crippen LogP contribution in [-0.2, 0) is 65.4 Å². The molecule has 19 heteroatoms. The van der Waals surface area contributed by atoms with Crippen molar-refractivity contribution in [3.05, 3.63) is 0 Å².